The van der Waals surface area contributed by atoms with Crippen molar-refractivity contribution in [1.29, 1.82) is 0 Å². The zero-order chi connectivity index (χ0) is 24.5. The zero-order valence-electron chi connectivity index (χ0n) is 18.2. The Kier molecular flexibility index (Phi) is 9.92. The number of aliphatic hydroxyl groups excluding tert-OH is 5. The largest absolute Gasteiger partial charge is 0.480 e. The smallest absolute Gasteiger partial charge is 0.323 e. The van der Waals surface area contributed by atoms with Gasteiger partial charge in [0.15, 0.2) is 5.43 Å². The molecule has 0 aliphatic carbocycles. The third-order valence-corrected chi connectivity index (χ3v) is 5.10. The van der Waals surface area contributed by atoms with Crippen LogP contribution in [0.15, 0.2) is 53.3 Å². The number of carbonyl (C=O) groups is 1. The highest BCUT2D eigenvalue weighted by molar-refractivity contribution is 5.94. The molecule has 1 heterocycles. The number of carboxylic acid groups (broad SMARTS) is 1. The topological polar surface area (TPSA) is 172 Å². The van der Waals surface area contributed by atoms with Crippen molar-refractivity contribution < 1.29 is 35.4 Å². The molecule has 0 saturated carbocycles. The van der Waals surface area contributed by atoms with Gasteiger partial charge in [-0.15, -0.1) is 0 Å². The molecule has 0 radical (unpaired) electrons. The standard InChI is InChI=1S/C15H11NO3.C8H19NO5/c17-14(18)9-16-12-7-3-1-5-10(12)15(19)11-6-2-4-8-13(11)16;1-2-9-3-5(11)7(13)8(14)6(12)4-10/h1-8H,9H2,(H,17,18);5-14H,2-4H2,1H3/t;5-,6-,7-,8-/m.0/s1. The molecule has 0 bridgehead atoms. The highest BCUT2D eigenvalue weighted by atomic mass is 16.4. The molecule has 2 aromatic carbocycles. The highest BCUT2D eigenvalue weighted by Crippen LogP contribution is 2.18. The third-order valence-electron chi connectivity index (χ3n) is 5.10. The molecule has 0 spiro atoms. The molecular weight excluding hydrogens is 432 g/mol. The van der Waals surface area contributed by atoms with E-state index in [2.05, 4.69) is 5.32 Å². The van der Waals surface area contributed by atoms with Gasteiger partial charge in [-0.3, -0.25) is 9.59 Å². The van der Waals surface area contributed by atoms with Gasteiger partial charge in [-0.05, 0) is 30.8 Å². The van der Waals surface area contributed by atoms with Crippen LogP contribution in [0.5, 0.6) is 0 Å². The minimum absolute atomic E-state index is 0.0622. The Morgan fingerprint density at radius 1 is 0.909 bits per heavy atom. The number of aliphatic carboxylic acids is 1. The van der Waals surface area contributed by atoms with Gasteiger partial charge < -0.3 is 40.5 Å². The normalized spacial score (nSPS) is 14.8. The van der Waals surface area contributed by atoms with Crippen LogP contribution in [0, 0.1) is 0 Å². The first-order valence-corrected chi connectivity index (χ1v) is 10.5. The van der Waals surface area contributed by atoms with E-state index in [0.29, 0.717) is 28.4 Å². The summed E-state index contributed by atoms with van der Waals surface area (Å²) in [6.45, 7) is 1.75. The Labute approximate surface area is 190 Å². The number of benzene rings is 2. The summed E-state index contributed by atoms with van der Waals surface area (Å²) >= 11 is 0. The van der Waals surface area contributed by atoms with Crippen LogP contribution in [0.1, 0.15) is 6.92 Å². The molecule has 3 aromatic rings. The first kappa shape index (κ1) is 26.4. The van der Waals surface area contributed by atoms with Crippen LogP contribution in [-0.4, -0.2) is 85.3 Å². The second-order valence-corrected chi connectivity index (χ2v) is 7.45. The predicted octanol–water partition coefficient (Wildman–Crippen LogP) is -0.729. The number of para-hydroxylation sites is 2. The molecule has 1 aromatic heterocycles. The first-order valence-electron chi connectivity index (χ1n) is 10.5. The minimum Gasteiger partial charge on any atom is -0.480 e. The number of aliphatic hydroxyl groups is 5. The van der Waals surface area contributed by atoms with Crippen LogP contribution in [-0.2, 0) is 11.3 Å². The summed E-state index contributed by atoms with van der Waals surface area (Å²) < 4.78 is 1.66. The molecule has 3 rings (SSSR count). The van der Waals surface area contributed by atoms with E-state index < -0.39 is 37.0 Å². The second kappa shape index (κ2) is 12.4. The minimum atomic E-state index is -1.55. The fourth-order valence-electron chi connectivity index (χ4n) is 3.36. The summed E-state index contributed by atoms with van der Waals surface area (Å²) in [7, 11) is 0. The van der Waals surface area contributed by atoms with E-state index in [-0.39, 0.29) is 18.5 Å². The van der Waals surface area contributed by atoms with Gasteiger partial charge in [-0.1, -0.05) is 31.2 Å². The number of likely N-dealkylation sites (N-methyl/N-ethyl adjacent to an activating group) is 1. The van der Waals surface area contributed by atoms with Crippen LogP contribution in [0.3, 0.4) is 0 Å². The van der Waals surface area contributed by atoms with E-state index in [1.165, 1.54) is 0 Å². The molecule has 0 amide bonds. The zero-order valence-corrected chi connectivity index (χ0v) is 18.2. The lowest BCUT2D eigenvalue weighted by Gasteiger charge is -2.25. The quantitative estimate of drug-likeness (QED) is 0.202. The Morgan fingerprint density at radius 3 is 1.85 bits per heavy atom. The number of carboxylic acids is 1. The summed E-state index contributed by atoms with van der Waals surface area (Å²) in [4.78, 5) is 23.4. The van der Waals surface area contributed by atoms with E-state index >= 15 is 0 Å². The maximum absolute atomic E-state index is 12.4. The maximum atomic E-state index is 12.4. The molecule has 0 unspecified atom stereocenters. The van der Waals surface area contributed by atoms with E-state index in [1.807, 2.05) is 6.92 Å². The molecule has 33 heavy (non-hydrogen) atoms. The number of hydrogen-bond donors (Lipinski definition) is 7. The third kappa shape index (κ3) is 6.57. The van der Waals surface area contributed by atoms with Gasteiger partial charge in [0.25, 0.3) is 0 Å². The van der Waals surface area contributed by atoms with E-state index in [1.54, 1.807) is 53.1 Å². The Balaban J connectivity index is 0.000000248. The van der Waals surface area contributed by atoms with Crippen molar-refractivity contribution in [3.05, 3.63) is 58.8 Å². The van der Waals surface area contributed by atoms with Crippen LogP contribution in [0.2, 0.25) is 0 Å². The lowest BCUT2D eigenvalue weighted by molar-refractivity contribution is -0.137. The maximum Gasteiger partial charge on any atom is 0.323 e. The molecule has 4 atom stereocenters. The SMILES string of the molecule is CCNC[C@H](O)[C@H](O)[C@@H](O)[C@@H](O)CO.O=C(O)Cn1c2ccccc2c(=O)c2ccccc21. The molecule has 10 nitrogen and oxygen atoms in total. The average Bonchev–Trinajstić information content (AvgIpc) is 2.83. The Bertz CT molecular complexity index is 1060. The van der Waals surface area contributed by atoms with Gasteiger partial charge in [0, 0.05) is 17.3 Å². The molecule has 7 N–H and O–H groups in total. The molecule has 0 aliphatic rings. The van der Waals surface area contributed by atoms with Crippen molar-refractivity contribution in [2.45, 2.75) is 37.9 Å². The van der Waals surface area contributed by atoms with E-state index in [9.17, 15) is 24.9 Å². The van der Waals surface area contributed by atoms with Gasteiger partial charge >= 0.3 is 5.97 Å². The van der Waals surface area contributed by atoms with E-state index in [0.717, 1.165) is 0 Å². The predicted molar refractivity (Wildman–Crippen MR) is 123 cm³/mol. The van der Waals surface area contributed by atoms with Crippen molar-refractivity contribution in [2.75, 3.05) is 19.7 Å². The highest BCUT2D eigenvalue weighted by Gasteiger charge is 2.29. The van der Waals surface area contributed by atoms with Crippen LogP contribution < -0.4 is 10.7 Å². The second-order valence-electron chi connectivity index (χ2n) is 7.45. The van der Waals surface area contributed by atoms with Crippen LogP contribution in [0.25, 0.3) is 21.8 Å². The van der Waals surface area contributed by atoms with Crippen molar-refractivity contribution in [3.63, 3.8) is 0 Å². The lowest BCUT2D eigenvalue weighted by Crippen LogP contribution is -2.49. The molecular formula is C23H30N2O8. The van der Waals surface area contributed by atoms with E-state index in [4.69, 9.17) is 15.3 Å². The summed E-state index contributed by atoms with van der Waals surface area (Å²) in [6.07, 6.45) is -5.64. The average molecular weight is 462 g/mol. The number of rotatable bonds is 9. The number of fused-ring (bicyclic) bond motifs is 2. The van der Waals surface area contributed by atoms with Gasteiger partial charge in [-0.2, -0.15) is 0 Å². The van der Waals surface area contributed by atoms with Gasteiger partial charge in [0.1, 0.15) is 24.9 Å². The Hall–Kier alpha value is -2.86. The molecule has 180 valence electrons. The lowest BCUT2D eigenvalue weighted by atomic mass is 10.0. The van der Waals surface area contributed by atoms with Crippen LogP contribution >= 0.6 is 0 Å². The van der Waals surface area contributed by atoms with Crippen molar-refractivity contribution in [2.24, 2.45) is 0 Å². The summed E-state index contributed by atoms with van der Waals surface area (Å²) in [5.74, 6) is -0.932. The van der Waals surface area contributed by atoms with Crippen molar-refractivity contribution in [3.8, 4) is 0 Å². The first-order chi connectivity index (χ1) is 15.7. The fourth-order valence-corrected chi connectivity index (χ4v) is 3.36. The Morgan fingerprint density at radius 2 is 1.39 bits per heavy atom. The number of hydrogen-bond acceptors (Lipinski definition) is 8. The van der Waals surface area contributed by atoms with Crippen molar-refractivity contribution >= 4 is 27.8 Å². The van der Waals surface area contributed by atoms with Crippen LogP contribution in [0.4, 0.5) is 0 Å². The summed E-state index contributed by atoms with van der Waals surface area (Å²) in [5.41, 5.74) is 1.23. The van der Waals surface area contributed by atoms with Crippen molar-refractivity contribution in [1.82, 2.24) is 9.88 Å². The fraction of sp³-hybridized carbons (Fsp3) is 0.391. The molecule has 0 fully saturated rings. The number of nitrogens with one attached hydrogen (secondary N) is 1. The number of pyridine rings is 1. The molecule has 10 heteroatoms. The van der Waals surface area contributed by atoms with Gasteiger partial charge in [0.05, 0.1) is 23.7 Å². The number of nitrogens with zero attached hydrogens (tertiary/aromatic N) is 1. The van der Waals surface area contributed by atoms with Gasteiger partial charge in [-0.25, -0.2) is 0 Å². The molecule has 0 saturated heterocycles. The van der Waals surface area contributed by atoms with Gasteiger partial charge in [0.2, 0.25) is 0 Å². The summed E-state index contributed by atoms with van der Waals surface area (Å²) in [5, 5.41) is 58.2. The molecule has 0 aliphatic heterocycles. The number of aromatic nitrogens is 1. The monoisotopic (exact) mass is 462 g/mol. The summed E-state index contributed by atoms with van der Waals surface area (Å²) in [6, 6.07) is 14.2.